The van der Waals surface area contributed by atoms with Crippen molar-refractivity contribution < 1.29 is 9.18 Å². The van der Waals surface area contributed by atoms with E-state index in [4.69, 9.17) is 16.9 Å². The first-order valence-electron chi connectivity index (χ1n) is 8.00. The van der Waals surface area contributed by atoms with Gasteiger partial charge in [0.2, 0.25) is 5.91 Å². The summed E-state index contributed by atoms with van der Waals surface area (Å²) >= 11 is 5.92. The average molecular weight is 381 g/mol. The summed E-state index contributed by atoms with van der Waals surface area (Å²) in [6.45, 7) is 0.464. The lowest BCUT2D eigenvalue weighted by atomic mass is 10.1. The number of nitrogens with one attached hydrogen (secondary N) is 1. The van der Waals surface area contributed by atoms with Crippen LogP contribution in [0.1, 0.15) is 16.7 Å². The SMILES string of the molecule is N#Cc1cccc(Cn2cc(NC(=O)C=Cc3c(F)cccc3Cl)cn2)c1. The van der Waals surface area contributed by atoms with Crippen LogP contribution in [-0.2, 0) is 11.3 Å². The number of rotatable bonds is 5. The maximum Gasteiger partial charge on any atom is 0.248 e. The Balaban J connectivity index is 1.64. The van der Waals surface area contributed by atoms with Crippen LogP contribution in [0, 0.1) is 17.1 Å². The summed E-state index contributed by atoms with van der Waals surface area (Å²) in [6.07, 6.45) is 5.71. The molecule has 0 bridgehead atoms. The van der Waals surface area contributed by atoms with Crippen LogP contribution in [0.3, 0.4) is 0 Å². The van der Waals surface area contributed by atoms with Gasteiger partial charge in [0, 0.05) is 17.8 Å². The summed E-state index contributed by atoms with van der Waals surface area (Å²) in [7, 11) is 0. The van der Waals surface area contributed by atoms with Gasteiger partial charge in [0.15, 0.2) is 0 Å². The van der Waals surface area contributed by atoms with Crippen LogP contribution in [0.5, 0.6) is 0 Å². The molecular weight excluding hydrogens is 367 g/mol. The van der Waals surface area contributed by atoms with Crippen molar-refractivity contribution in [1.29, 1.82) is 5.26 Å². The van der Waals surface area contributed by atoms with Gasteiger partial charge in [-0.2, -0.15) is 10.4 Å². The third-order valence-electron chi connectivity index (χ3n) is 3.70. The van der Waals surface area contributed by atoms with Crippen LogP contribution >= 0.6 is 11.6 Å². The Morgan fingerprint density at radius 3 is 2.93 bits per heavy atom. The minimum Gasteiger partial charge on any atom is -0.320 e. The predicted octanol–water partition coefficient (Wildman–Crippen LogP) is 4.25. The molecule has 3 rings (SSSR count). The summed E-state index contributed by atoms with van der Waals surface area (Å²) in [6, 6.07) is 13.6. The second kappa shape index (κ2) is 8.30. The molecule has 0 aliphatic rings. The number of nitrogens with zero attached hydrogens (tertiary/aromatic N) is 3. The fraction of sp³-hybridized carbons (Fsp3) is 0.0500. The van der Waals surface area contributed by atoms with Crippen molar-refractivity contribution in [2.24, 2.45) is 0 Å². The van der Waals surface area contributed by atoms with Crippen molar-refractivity contribution in [2.75, 3.05) is 5.32 Å². The second-order valence-electron chi connectivity index (χ2n) is 5.70. The molecule has 0 aliphatic heterocycles. The topological polar surface area (TPSA) is 70.7 Å². The van der Waals surface area contributed by atoms with E-state index in [0.29, 0.717) is 17.8 Å². The molecule has 27 heavy (non-hydrogen) atoms. The lowest BCUT2D eigenvalue weighted by molar-refractivity contribution is -0.111. The van der Waals surface area contributed by atoms with E-state index in [1.54, 1.807) is 35.1 Å². The number of hydrogen-bond acceptors (Lipinski definition) is 3. The molecule has 0 spiro atoms. The molecule has 5 nitrogen and oxygen atoms in total. The van der Waals surface area contributed by atoms with Crippen molar-refractivity contribution in [2.45, 2.75) is 6.54 Å². The van der Waals surface area contributed by atoms with Gasteiger partial charge in [0.1, 0.15) is 5.82 Å². The Morgan fingerprint density at radius 1 is 1.33 bits per heavy atom. The van der Waals surface area contributed by atoms with Gasteiger partial charge in [0.25, 0.3) is 0 Å². The van der Waals surface area contributed by atoms with Crippen LogP contribution in [-0.4, -0.2) is 15.7 Å². The molecule has 0 atom stereocenters. The van der Waals surface area contributed by atoms with Gasteiger partial charge in [-0.3, -0.25) is 9.48 Å². The van der Waals surface area contributed by atoms with Crippen LogP contribution < -0.4 is 5.32 Å². The molecule has 0 radical (unpaired) electrons. The van der Waals surface area contributed by atoms with E-state index in [0.717, 1.165) is 5.56 Å². The first-order chi connectivity index (χ1) is 13.0. The number of anilines is 1. The van der Waals surface area contributed by atoms with Crippen LogP contribution in [0.4, 0.5) is 10.1 Å². The third kappa shape index (κ3) is 4.81. The number of aromatic nitrogens is 2. The van der Waals surface area contributed by atoms with Crippen molar-refractivity contribution in [3.63, 3.8) is 0 Å². The smallest absolute Gasteiger partial charge is 0.248 e. The largest absolute Gasteiger partial charge is 0.320 e. The molecule has 2 aromatic carbocycles. The molecule has 7 heteroatoms. The van der Waals surface area contributed by atoms with Crippen LogP contribution in [0.2, 0.25) is 5.02 Å². The van der Waals surface area contributed by atoms with E-state index in [1.807, 2.05) is 6.07 Å². The molecule has 3 aromatic rings. The number of carbonyl (C=O) groups is 1. The summed E-state index contributed by atoms with van der Waals surface area (Å²) in [4.78, 5) is 12.0. The molecule has 1 aromatic heterocycles. The summed E-state index contributed by atoms with van der Waals surface area (Å²) < 4.78 is 15.3. The van der Waals surface area contributed by atoms with E-state index in [2.05, 4.69) is 16.5 Å². The van der Waals surface area contributed by atoms with Crippen molar-refractivity contribution >= 4 is 29.3 Å². The molecule has 0 fully saturated rings. The van der Waals surface area contributed by atoms with Crippen molar-refractivity contribution in [3.8, 4) is 6.07 Å². The van der Waals surface area contributed by atoms with Crippen LogP contribution in [0.25, 0.3) is 6.08 Å². The van der Waals surface area contributed by atoms with Gasteiger partial charge in [-0.15, -0.1) is 0 Å². The zero-order chi connectivity index (χ0) is 19.2. The van der Waals surface area contributed by atoms with Gasteiger partial charge in [-0.1, -0.05) is 29.8 Å². The monoisotopic (exact) mass is 380 g/mol. The highest BCUT2D eigenvalue weighted by atomic mass is 35.5. The van der Waals surface area contributed by atoms with Crippen molar-refractivity contribution in [1.82, 2.24) is 9.78 Å². The van der Waals surface area contributed by atoms with Gasteiger partial charge in [-0.25, -0.2) is 4.39 Å². The molecular formula is C20H14ClFN4O. The lowest BCUT2D eigenvalue weighted by Crippen LogP contribution is -2.07. The molecule has 1 amide bonds. The molecule has 0 aliphatic carbocycles. The molecule has 0 unspecified atom stereocenters. The Bertz CT molecular complexity index is 1030. The normalized spacial score (nSPS) is 10.7. The lowest BCUT2D eigenvalue weighted by Gasteiger charge is -2.02. The maximum absolute atomic E-state index is 13.7. The Kier molecular flexibility index (Phi) is 5.64. The van der Waals surface area contributed by atoms with E-state index in [-0.39, 0.29) is 10.6 Å². The predicted molar refractivity (Wildman–Crippen MR) is 102 cm³/mol. The molecule has 1 heterocycles. The number of amides is 1. The first kappa shape index (κ1) is 18.4. The first-order valence-corrected chi connectivity index (χ1v) is 8.37. The quantitative estimate of drug-likeness (QED) is 0.673. The molecule has 0 saturated heterocycles. The minimum atomic E-state index is -0.501. The highest BCUT2D eigenvalue weighted by Crippen LogP contribution is 2.20. The standard InChI is InChI=1S/C20H14ClFN4O/c21-18-5-2-6-19(22)17(18)7-8-20(27)25-16-11-24-26(13-16)12-15-4-1-3-14(9-15)10-23/h1-9,11,13H,12H2,(H,25,27). The average Bonchev–Trinajstić information content (AvgIpc) is 3.08. The summed E-state index contributed by atoms with van der Waals surface area (Å²) in [5.41, 5.74) is 2.15. The third-order valence-corrected chi connectivity index (χ3v) is 4.03. The number of benzene rings is 2. The second-order valence-corrected chi connectivity index (χ2v) is 6.10. The Labute approximate surface area is 160 Å². The fourth-order valence-electron chi connectivity index (χ4n) is 2.45. The summed E-state index contributed by atoms with van der Waals surface area (Å²) in [5.74, 6) is -0.931. The highest BCUT2D eigenvalue weighted by Gasteiger charge is 2.06. The molecule has 134 valence electrons. The Hall–Kier alpha value is -3.43. The van der Waals surface area contributed by atoms with E-state index >= 15 is 0 Å². The van der Waals surface area contributed by atoms with Crippen LogP contribution in [0.15, 0.2) is 60.9 Å². The summed E-state index contributed by atoms with van der Waals surface area (Å²) in [5, 5.41) is 16.0. The van der Waals surface area contributed by atoms with Gasteiger partial charge in [-0.05, 0) is 35.9 Å². The number of nitriles is 1. The zero-order valence-electron chi connectivity index (χ0n) is 14.1. The van der Waals surface area contributed by atoms with E-state index in [9.17, 15) is 9.18 Å². The maximum atomic E-state index is 13.7. The molecule has 0 saturated carbocycles. The van der Waals surface area contributed by atoms with Crippen molar-refractivity contribution in [3.05, 3.63) is 88.5 Å². The Morgan fingerprint density at radius 2 is 2.15 bits per heavy atom. The van der Waals surface area contributed by atoms with Gasteiger partial charge < -0.3 is 5.32 Å². The fourth-order valence-corrected chi connectivity index (χ4v) is 2.68. The minimum absolute atomic E-state index is 0.155. The number of carbonyl (C=O) groups excluding carboxylic acids is 1. The molecule has 1 N–H and O–H groups in total. The van der Waals surface area contributed by atoms with E-state index in [1.165, 1.54) is 30.5 Å². The number of hydrogen-bond donors (Lipinski definition) is 1. The van der Waals surface area contributed by atoms with E-state index < -0.39 is 11.7 Å². The zero-order valence-corrected chi connectivity index (χ0v) is 14.8. The highest BCUT2D eigenvalue weighted by molar-refractivity contribution is 6.32. The van der Waals surface area contributed by atoms with Gasteiger partial charge >= 0.3 is 0 Å². The van der Waals surface area contributed by atoms with Gasteiger partial charge in [0.05, 0.1) is 35.1 Å². The number of halogens is 2.